The lowest BCUT2D eigenvalue weighted by Crippen LogP contribution is -2.41. The first-order chi connectivity index (χ1) is 11.5. The van der Waals surface area contributed by atoms with Crippen molar-refractivity contribution in [1.82, 2.24) is 9.62 Å². The Labute approximate surface area is 144 Å². The van der Waals surface area contributed by atoms with Crippen molar-refractivity contribution in [3.05, 3.63) is 35.4 Å². The number of nitrogens with one attached hydrogen (secondary N) is 1. The maximum Gasteiger partial charge on any atom is 0.220 e. The number of nitrogens with zero attached hydrogens (tertiary/aromatic N) is 1. The molecule has 0 bridgehead atoms. The average molecular weight is 354 g/mol. The van der Waals surface area contributed by atoms with Crippen LogP contribution in [0.25, 0.3) is 0 Å². The summed E-state index contributed by atoms with van der Waals surface area (Å²) in [4.78, 5) is 11.8. The number of morpholine rings is 1. The van der Waals surface area contributed by atoms with Gasteiger partial charge in [-0.05, 0) is 17.5 Å². The first-order valence-corrected chi connectivity index (χ1v) is 10.0. The molecule has 0 atom stereocenters. The minimum absolute atomic E-state index is 0.00249. The lowest BCUT2D eigenvalue weighted by atomic mass is 10.1. The molecule has 1 N–H and O–H groups in total. The van der Waals surface area contributed by atoms with Crippen molar-refractivity contribution in [3.8, 4) is 0 Å². The van der Waals surface area contributed by atoms with Crippen LogP contribution in [0.4, 0.5) is 0 Å². The van der Waals surface area contributed by atoms with Gasteiger partial charge in [0.1, 0.15) is 0 Å². The molecule has 1 amide bonds. The average Bonchev–Trinajstić information content (AvgIpc) is 2.59. The molecule has 0 aromatic heterocycles. The number of rotatable bonds is 8. The Hall–Kier alpha value is -1.44. The topological polar surface area (TPSA) is 75.7 Å². The zero-order valence-electron chi connectivity index (χ0n) is 14.2. The number of unbranched alkanes of at least 4 members (excludes halogenated alkanes) is 1. The van der Waals surface area contributed by atoms with Crippen LogP contribution < -0.4 is 5.32 Å². The van der Waals surface area contributed by atoms with E-state index < -0.39 is 10.0 Å². The molecule has 6 nitrogen and oxygen atoms in total. The van der Waals surface area contributed by atoms with Crippen molar-refractivity contribution < 1.29 is 17.9 Å². The van der Waals surface area contributed by atoms with E-state index >= 15 is 0 Å². The lowest BCUT2D eigenvalue weighted by Gasteiger charge is -2.26. The van der Waals surface area contributed by atoms with Crippen molar-refractivity contribution in [1.29, 1.82) is 0 Å². The second kappa shape index (κ2) is 9.15. The van der Waals surface area contributed by atoms with Crippen molar-refractivity contribution in [3.63, 3.8) is 0 Å². The number of amides is 1. The molecule has 1 heterocycles. The number of benzene rings is 1. The van der Waals surface area contributed by atoms with Crippen LogP contribution in [0.2, 0.25) is 0 Å². The second-order valence-electron chi connectivity index (χ2n) is 5.92. The predicted molar refractivity (Wildman–Crippen MR) is 92.8 cm³/mol. The molecule has 7 heteroatoms. The number of sulfonamides is 1. The van der Waals surface area contributed by atoms with Gasteiger partial charge in [0.25, 0.3) is 0 Å². The summed E-state index contributed by atoms with van der Waals surface area (Å²) < 4.78 is 31.8. The highest BCUT2D eigenvalue weighted by Crippen LogP contribution is 2.16. The van der Waals surface area contributed by atoms with Gasteiger partial charge in [-0.15, -0.1) is 0 Å². The number of carbonyl (C=O) groups is 1. The van der Waals surface area contributed by atoms with Crippen LogP contribution in [-0.4, -0.2) is 44.9 Å². The highest BCUT2D eigenvalue weighted by atomic mass is 32.2. The van der Waals surface area contributed by atoms with E-state index in [1.807, 2.05) is 31.2 Å². The molecule has 24 heavy (non-hydrogen) atoms. The van der Waals surface area contributed by atoms with Gasteiger partial charge >= 0.3 is 0 Å². The summed E-state index contributed by atoms with van der Waals surface area (Å²) in [5.74, 6) is -0.0451. The summed E-state index contributed by atoms with van der Waals surface area (Å²) in [6.07, 6.45) is 2.34. The number of hydrogen-bond acceptors (Lipinski definition) is 4. The zero-order chi connectivity index (χ0) is 17.4. The van der Waals surface area contributed by atoms with Gasteiger partial charge in [-0.25, -0.2) is 8.42 Å². The fourth-order valence-corrected chi connectivity index (χ4v) is 4.17. The largest absolute Gasteiger partial charge is 0.379 e. The third-order valence-electron chi connectivity index (χ3n) is 4.05. The molecule has 1 aliphatic heterocycles. The third kappa shape index (κ3) is 5.58. The van der Waals surface area contributed by atoms with Gasteiger partial charge in [0.15, 0.2) is 0 Å². The van der Waals surface area contributed by atoms with Crippen molar-refractivity contribution in [2.75, 3.05) is 26.3 Å². The maximum atomic E-state index is 12.6. The van der Waals surface area contributed by atoms with Crippen LogP contribution >= 0.6 is 0 Å². The highest BCUT2D eigenvalue weighted by molar-refractivity contribution is 7.88. The minimum atomic E-state index is -3.37. The summed E-state index contributed by atoms with van der Waals surface area (Å²) >= 11 is 0. The Balaban J connectivity index is 2.01. The zero-order valence-corrected chi connectivity index (χ0v) is 15.0. The molecule has 1 fully saturated rings. The van der Waals surface area contributed by atoms with E-state index in [0.717, 1.165) is 24.0 Å². The molecular weight excluding hydrogens is 328 g/mol. The molecule has 1 aliphatic rings. The summed E-state index contributed by atoms with van der Waals surface area (Å²) in [5, 5.41) is 2.87. The van der Waals surface area contributed by atoms with Crippen LogP contribution in [-0.2, 0) is 31.9 Å². The first kappa shape index (κ1) is 18.9. The standard InChI is InChI=1S/C17H26N2O4S/c1-2-3-8-17(20)18-13-15-6-4-5-7-16(15)14-24(21,22)19-9-11-23-12-10-19/h4-7H,2-3,8-14H2,1H3,(H,18,20). The molecule has 1 aromatic carbocycles. The number of ether oxygens (including phenoxy) is 1. The van der Waals surface area contributed by atoms with Crippen molar-refractivity contribution >= 4 is 15.9 Å². The van der Waals surface area contributed by atoms with Crippen LogP contribution in [0.3, 0.4) is 0 Å². The summed E-state index contributed by atoms with van der Waals surface area (Å²) in [5.41, 5.74) is 1.58. The van der Waals surface area contributed by atoms with Gasteiger partial charge in [-0.3, -0.25) is 4.79 Å². The fraction of sp³-hybridized carbons (Fsp3) is 0.588. The SMILES string of the molecule is CCCCC(=O)NCc1ccccc1CS(=O)(=O)N1CCOCC1. The van der Waals surface area contributed by atoms with E-state index in [-0.39, 0.29) is 11.7 Å². The summed E-state index contributed by atoms with van der Waals surface area (Å²) in [6, 6.07) is 7.36. The van der Waals surface area contributed by atoms with Crippen LogP contribution in [0.15, 0.2) is 24.3 Å². The molecule has 0 spiro atoms. The first-order valence-electron chi connectivity index (χ1n) is 8.42. The van der Waals surface area contributed by atoms with Crippen molar-refractivity contribution in [2.24, 2.45) is 0 Å². The highest BCUT2D eigenvalue weighted by Gasteiger charge is 2.25. The Morgan fingerprint density at radius 2 is 1.88 bits per heavy atom. The molecule has 1 aromatic rings. The van der Waals surface area contributed by atoms with E-state index in [1.54, 1.807) is 0 Å². The second-order valence-corrected chi connectivity index (χ2v) is 7.89. The Morgan fingerprint density at radius 3 is 2.54 bits per heavy atom. The van der Waals surface area contributed by atoms with Gasteiger partial charge < -0.3 is 10.1 Å². The lowest BCUT2D eigenvalue weighted by molar-refractivity contribution is -0.121. The summed E-state index contributed by atoms with van der Waals surface area (Å²) in [7, 11) is -3.37. The monoisotopic (exact) mass is 354 g/mol. The fourth-order valence-electron chi connectivity index (χ4n) is 2.60. The molecule has 2 rings (SSSR count). The van der Waals surface area contributed by atoms with Crippen molar-refractivity contribution in [2.45, 2.75) is 38.5 Å². The van der Waals surface area contributed by atoms with Crippen LogP contribution in [0.1, 0.15) is 37.3 Å². The quantitative estimate of drug-likeness (QED) is 0.770. The normalized spacial score (nSPS) is 16.0. The van der Waals surface area contributed by atoms with Crippen LogP contribution in [0, 0.1) is 0 Å². The Bertz CT molecular complexity index is 640. The minimum Gasteiger partial charge on any atom is -0.379 e. The Morgan fingerprint density at radius 1 is 1.21 bits per heavy atom. The van der Waals surface area contributed by atoms with E-state index in [2.05, 4.69) is 5.32 Å². The number of carbonyl (C=O) groups excluding carboxylic acids is 1. The van der Waals surface area contributed by atoms with Gasteiger partial charge in [0, 0.05) is 26.1 Å². The van der Waals surface area contributed by atoms with E-state index in [0.29, 0.717) is 39.3 Å². The molecule has 0 aliphatic carbocycles. The van der Waals surface area contributed by atoms with E-state index in [9.17, 15) is 13.2 Å². The maximum absolute atomic E-state index is 12.6. The van der Waals surface area contributed by atoms with Gasteiger partial charge in [0.2, 0.25) is 15.9 Å². The molecule has 1 saturated heterocycles. The van der Waals surface area contributed by atoms with Crippen LogP contribution in [0.5, 0.6) is 0 Å². The van der Waals surface area contributed by atoms with Gasteiger partial charge in [-0.1, -0.05) is 37.6 Å². The smallest absolute Gasteiger partial charge is 0.220 e. The Kier molecular flexibility index (Phi) is 7.20. The molecule has 134 valence electrons. The summed E-state index contributed by atoms with van der Waals surface area (Å²) in [6.45, 7) is 4.08. The molecular formula is C17H26N2O4S. The van der Waals surface area contributed by atoms with Gasteiger partial charge in [0.05, 0.1) is 19.0 Å². The van der Waals surface area contributed by atoms with E-state index in [4.69, 9.17) is 4.74 Å². The number of hydrogen-bond donors (Lipinski definition) is 1. The third-order valence-corrected chi connectivity index (χ3v) is 5.88. The molecule has 0 radical (unpaired) electrons. The molecule has 0 unspecified atom stereocenters. The van der Waals surface area contributed by atoms with E-state index in [1.165, 1.54) is 4.31 Å². The molecule has 0 saturated carbocycles. The predicted octanol–water partition coefficient (Wildman–Crippen LogP) is 1.65. The van der Waals surface area contributed by atoms with Gasteiger partial charge in [-0.2, -0.15) is 4.31 Å².